The minimum absolute atomic E-state index is 0.0240. The second-order valence-electron chi connectivity index (χ2n) is 12.0. The molecule has 218 valence electrons. The van der Waals surface area contributed by atoms with Crippen molar-refractivity contribution in [2.45, 2.75) is 77.0 Å². The van der Waals surface area contributed by atoms with Crippen LogP contribution >= 0.6 is 11.6 Å². The number of piperidine rings is 1. The zero-order valence-corrected chi connectivity index (χ0v) is 25.2. The lowest BCUT2D eigenvalue weighted by atomic mass is 9.85. The van der Waals surface area contributed by atoms with E-state index in [9.17, 15) is 9.59 Å². The molecule has 1 amide bonds. The molecule has 2 saturated heterocycles. The Bertz CT molecular complexity index is 1530. The van der Waals surface area contributed by atoms with Gasteiger partial charge in [0.1, 0.15) is 0 Å². The third-order valence-electron chi connectivity index (χ3n) is 9.34. The Hall–Kier alpha value is -3.41. The predicted molar refractivity (Wildman–Crippen MR) is 170 cm³/mol. The first-order valence-corrected chi connectivity index (χ1v) is 15.8. The number of aromatic nitrogens is 1. The Morgan fingerprint density at radius 1 is 0.905 bits per heavy atom. The third-order valence-corrected chi connectivity index (χ3v) is 9.59. The van der Waals surface area contributed by atoms with Gasteiger partial charge in [-0.2, -0.15) is 0 Å². The zero-order valence-electron chi connectivity index (χ0n) is 24.4. The van der Waals surface area contributed by atoms with E-state index in [-0.39, 0.29) is 11.7 Å². The van der Waals surface area contributed by atoms with Crippen molar-refractivity contribution in [1.29, 1.82) is 0 Å². The Morgan fingerprint density at radius 3 is 2.36 bits per heavy atom. The Kier molecular flexibility index (Phi) is 8.78. The highest BCUT2D eigenvalue weighted by molar-refractivity contribution is 6.30. The van der Waals surface area contributed by atoms with Gasteiger partial charge < -0.3 is 9.88 Å². The lowest BCUT2D eigenvalue weighted by Gasteiger charge is -2.39. The van der Waals surface area contributed by atoms with E-state index >= 15 is 0 Å². The molecular formula is C36H40ClN3O2. The van der Waals surface area contributed by atoms with Crippen LogP contribution in [0.3, 0.4) is 0 Å². The van der Waals surface area contributed by atoms with E-state index < -0.39 is 0 Å². The first kappa shape index (κ1) is 28.7. The van der Waals surface area contributed by atoms with E-state index in [4.69, 9.17) is 11.6 Å². The van der Waals surface area contributed by atoms with Crippen molar-refractivity contribution in [2.24, 2.45) is 5.92 Å². The SMILES string of the molecule is CCc1cccc2c(C(=O)NCc3ccccc3)cn(CCCN3[C@@H]4CC[C@H]3CC(CC(=O)c3ccc(Cl)cc3)C4)c12. The van der Waals surface area contributed by atoms with Gasteiger partial charge in [-0.3, -0.25) is 14.5 Å². The number of carbonyl (C=O) groups excluding carboxylic acids is 2. The van der Waals surface area contributed by atoms with Gasteiger partial charge in [0.15, 0.2) is 5.78 Å². The maximum Gasteiger partial charge on any atom is 0.253 e. The summed E-state index contributed by atoms with van der Waals surface area (Å²) in [6, 6.07) is 24.8. The van der Waals surface area contributed by atoms with E-state index in [2.05, 4.69) is 46.1 Å². The number of hydrogen-bond acceptors (Lipinski definition) is 3. The van der Waals surface area contributed by atoms with Crippen LogP contribution in [0.1, 0.15) is 77.3 Å². The first-order valence-electron chi connectivity index (χ1n) is 15.5. The number of rotatable bonds is 11. The first-order chi connectivity index (χ1) is 20.5. The van der Waals surface area contributed by atoms with Crippen molar-refractivity contribution in [1.82, 2.24) is 14.8 Å². The number of halogens is 1. The summed E-state index contributed by atoms with van der Waals surface area (Å²) in [5.74, 6) is 0.669. The van der Waals surface area contributed by atoms with Crippen LogP contribution in [0.15, 0.2) is 79.0 Å². The van der Waals surface area contributed by atoms with Crippen LogP contribution < -0.4 is 5.32 Å². The average molecular weight is 582 g/mol. The number of hydrogen-bond donors (Lipinski definition) is 1. The van der Waals surface area contributed by atoms with Crippen LogP contribution in [0.25, 0.3) is 10.9 Å². The number of Topliss-reactive ketones (excluding diaryl/α,β-unsaturated/α-hetero) is 1. The summed E-state index contributed by atoms with van der Waals surface area (Å²) in [5, 5.41) is 4.83. The lowest BCUT2D eigenvalue weighted by molar-refractivity contribution is 0.0807. The number of nitrogens with zero attached hydrogens (tertiary/aromatic N) is 2. The monoisotopic (exact) mass is 581 g/mol. The minimum atomic E-state index is -0.0240. The molecule has 2 bridgehead atoms. The molecule has 6 heteroatoms. The van der Waals surface area contributed by atoms with E-state index in [0.29, 0.717) is 36.0 Å². The molecule has 1 aromatic heterocycles. The molecule has 42 heavy (non-hydrogen) atoms. The van der Waals surface area contributed by atoms with Crippen LogP contribution in [0.5, 0.6) is 0 Å². The maximum atomic E-state index is 13.3. The summed E-state index contributed by atoms with van der Waals surface area (Å²) in [6.07, 6.45) is 9.33. The number of carbonyl (C=O) groups is 2. The molecule has 3 aromatic carbocycles. The van der Waals surface area contributed by atoms with Crippen LogP contribution in [-0.2, 0) is 19.5 Å². The van der Waals surface area contributed by atoms with Crippen molar-refractivity contribution in [2.75, 3.05) is 6.54 Å². The fraction of sp³-hybridized carbons (Fsp3) is 0.389. The summed E-state index contributed by atoms with van der Waals surface area (Å²) >= 11 is 6.01. The second-order valence-corrected chi connectivity index (χ2v) is 12.5. The molecule has 6 rings (SSSR count). The number of benzene rings is 3. The highest BCUT2D eigenvalue weighted by atomic mass is 35.5. The van der Waals surface area contributed by atoms with Crippen molar-refractivity contribution >= 4 is 34.2 Å². The summed E-state index contributed by atoms with van der Waals surface area (Å²) in [4.78, 5) is 28.9. The molecule has 5 nitrogen and oxygen atoms in total. The number of aryl methyl sites for hydroxylation is 2. The summed E-state index contributed by atoms with van der Waals surface area (Å²) in [6.45, 7) is 4.63. The Morgan fingerprint density at radius 2 is 1.64 bits per heavy atom. The number of nitrogens with one attached hydrogen (secondary N) is 1. The number of para-hydroxylation sites is 1. The quantitative estimate of drug-likeness (QED) is 0.185. The lowest BCUT2D eigenvalue weighted by Crippen LogP contribution is -2.43. The van der Waals surface area contributed by atoms with E-state index in [1.165, 1.54) is 23.9 Å². The van der Waals surface area contributed by atoms with Crippen LogP contribution in [-0.4, -0.2) is 39.8 Å². The molecular weight excluding hydrogens is 542 g/mol. The highest BCUT2D eigenvalue weighted by Gasteiger charge is 2.40. The molecule has 2 fully saturated rings. The van der Waals surface area contributed by atoms with Gasteiger partial charge in [-0.05, 0) is 79.8 Å². The normalized spacial score (nSPS) is 20.2. The van der Waals surface area contributed by atoms with E-state index in [1.54, 1.807) is 12.1 Å². The molecule has 0 saturated carbocycles. The topological polar surface area (TPSA) is 54.3 Å². The molecule has 1 unspecified atom stereocenters. The van der Waals surface area contributed by atoms with Crippen LogP contribution in [0.2, 0.25) is 5.02 Å². The molecule has 0 radical (unpaired) electrons. The van der Waals surface area contributed by atoms with Crippen LogP contribution in [0.4, 0.5) is 0 Å². The van der Waals surface area contributed by atoms with Gasteiger partial charge in [0.25, 0.3) is 5.91 Å². The van der Waals surface area contributed by atoms with Gasteiger partial charge in [-0.1, -0.05) is 67.1 Å². The smallest absolute Gasteiger partial charge is 0.253 e. The third kappa shape index (κ3) is 6.18. The van der Waals surface area contributed by atoms with E-state index in [0.717, 1.165) is 60.8 Å². The average Bonchev–Trinajstić information content (AvgIpc) is 3.50. The van der Waals surface area contributed by atoms with Crippen molar-refractivity contribution in [3.8, 4) is 0 Å². The maximum absolute atomic E-state index is 13.3. The number of amides is 1. The molecule has 0 aliphatic carbocycles. The zero-order chi connectivity index (χ0) is 29.1. The van der Waals surface area contributed by atoms with Gasteiger partial charge in [-0.15, -0.1) is 0 Å². The minimum Gasteiger partial charge on any atom is -0.348 e. The molecule has 3 atom stereocenters. The van der Waals surface area contributed by atoms with Gasteiger partial charge in [0.05, 0.1) is 11.1 Å². The fourth-order valence-electron chi connectivity index (χ4n) is 7.31. The van der Waals surface area contributed by atoms with Gasteiger partial charge in [0, 0.05) is 60.3 Å². The number of fused-ring (bicyclic) bond motifs is 3. The fourth-order valence-corrected chi connectivity index (χ4v) is 7.44. The number of ketones is 1. The largest absolute Gasteiger partial charge is 0.348 e. The molecule has 3 heterocycles. The molecule has 2 aliphatic heterocycles. The summed E-state index contributed by atoms with van der Waals surface area (Å²) in [5.41, 5.74) is 5.08. The van der Waals surface area contributed by atoms with Gasteiger partial charge in [-0.25, -0.2) is 0 Å². The highest BCUT2D eigenvalue weighted by Crippen LogP contribution is 2.40. The Balaban J connectivity index is 1.09. The molecule has 1 N–H and O–H groups in total. The Labute approximate surface area is 253 Å². The second kappa shape index (κ2) is 12.8. The van der Waals surface area contributed by atoms with Crippen molar-refractivity contribution < 1.29 is 9.59 Å². The summed E-state index contributed by atoms with van der Waals surface area (Å²) < 4.78 is 2.31. The van der Waals surface area contributed by atoms with Crippen LogP contribution in [0, 0.1) is 5.92 Å². The molecule has 0 spiro atoms. The predicted octanol–water partition coefficient (Wildman–Crippen LogP) is 7.69. The molecule has 4 aromatic rings. The van der Waals surface area contributed by atoms with Crippen molar-refractivity contribution in [3.63, 3.8) is 0 Å². The van der Waals surface area contributed by atoms with Crippen molar-refractivity contribution in [3.05, 3.63) is 106 Å². The molecule has 2 aliphatic rings. The van der Waals surface area contributed by atoms with E-state index in [1.807, 2.05) is 42.5 Å². The summed E-state index contributed by atoms with van der Waals surface area (Å²) in [7, 11) is 0. The van der Waals surface area contributed by atoms with Gasteiger partial charge >= 0.3 is 0 Å². The van der Waals surface area contributed by atoms with Gasteiger partial charge in [0.2, 0.25) is 0 Å². The standard InChI is InChI=1S/C36H40ClN3O2/c1-2-27-10-6-11-32-33(36(42)38-23-25-8-4-3-5-9-25)24-39(35(27)32)18-7-19-40-30-16-17-31(40)21-26(20-30)22-34(41)28-12-14-29(37)15-13-28/h3-6,8-15,24,26,30-31H,2,7,16-23H2,1H3,(H,38,42)/t26?,30-,31+.